The van der Waals surface area contributed by atoms with Crippen molar-refractivity contribution in [1.29, 1.82) is 0 Å². The van der Waals surface area contributed by atoms with Crippen LogP contribution in [0.15, 0.2) is 24.5 Å². The number of nitrogens with zero attached hydrogens (tertiary/aromatic N) is 2. The first-order chi connectivity index (χ1) is 13.0. The summed E-state index contributed by atoms with van der Waals surface area (Å²) in [5.41, 5.74) is 2.16. The molecular formula is C23H34N2O2. The van der Waals surface area contributed by atoms with Gasteiger partial charge in [0.05, 0.1) is 0 Å². The van der Waals surface area contributed by atoms with Crippen LogP contribution in [0.1, 0.15) is 96.6 Å². The second-order valence-corrected chi connectivity index (χ2v) is 7.81. The summed E-state index contributed by atoms with van der Waals surface area (Å²) >= 11 is 0. The molecule has 0 aliphatic heterocycles. The summed E-state index contributed by atoms with van der Waals surface area (Å²) in [6.45, 7) is 7.70. The third-order valence-corrected chi connectivity index (χ3v) is 5.31. The van der Waals surface area contributed by atoms with Gasteiger partial charge in [-0.2, -0.15) is 0 Å². The predicted molar refractivity (Wildman–Crippen MR) is 111 cm³/mol. The minimum Gasteiger partial charge on any atom is -0.329 e. The third-order valence-electron chi connectivity index (χ3n) is 5.31. The average Bonchev–Trinajstić information content (AvgIpc) is 3.01. The van der Waals surface area contributed by atoms with E-state index in [0.717, 1.165) is 49.6 Å². The van der Waals surface area contributed by atoms with Gasteiger partial charge in [-0.3, -0.25) is 4.79 Å². The second kappa shape index (κ2) is 10.4. The number of carbonyl (C=O) groups is 2. The molecule has 27 heavy (non-hydrogen) atoms. The third kappa shape index (κ3) is 5.75. The summed E-state index contributed by atoms with van der Waals surface area (Å²) in [6, 6.07) is 4.21. The molecule has 0 amide bonds. The van der Waals surface area contributed by atoms with Gasteiger partial charge in [0.1, 0.15) is 17.2 Å². The second-order valence-electron chi connectivity index (χ2n) is 7.81. The number of unbranched alkanes of at least 4 members (excludes halogenated alkanes) is 2. The maximum Gasteiger partial charge on any atom is 0.140 e. The number of rotatable bonds is 12. The molecule has 0 bridgehead atoms. The Morgan fingerprint density at radius 1 is 1.04 bits per heavy atom. The van der Waals surface area contributed by atoms with Crippen molar-refractivity contribution in [1.82, 2.24) is 9.55 Å². The molecule has 2 aromatic heterocycles. The Kier molecular flexibility index (Phi) is 8.21. The molecule has 0 saturated carbocycles. The van der Waals surface area contributed by atoms with Gasteiger partial charge in [0, 0.05) is 36.7 Å². The van der Waals surface area contributed by atoms with Gasteiger partial charge in [-0.15, -0.1) is 0 Å². The van der Waals surface area contributed by atoms with Gasteiger partial charge >= 0.3 is 0 Å². The lowest BCUT2D eigenvalue weighted by Gasteiger charge is -2.18. The molecule has 2 atom stereocenters. The molecule has 0 saturated heterocycles. The van der Waals surface area contributed by atoms with Crippen LogP contribution < -0.4 is 0 Å². The smallest absolute Gasteiger partial charge is 0.140 e. The molecule has 0 radical (unpaired) electrons. The van der Waals surface area contributed by atoms with E-state index in [1.165, 1.54) is 5.56 Å². The van der Waals surface area contributed by atoms with Gasteiger partial charge in [-0.05, 0) is 50.3 Å². The van der Waals surface area contributed by atoms with E-state index in [1.807, 2.05) is 12.3 Å². The minimum absolute atomic E-state index is 0.137. The Balaban J connectivity index is 2.50. The summed E-state index contributed by atoms with van der Waals surface area (Å²) < 4.78 is 2.21. The van der Waals surface area contributed by atoms with Crippen LogP contribution >= 0.6 is 0 Å². The van der Waals surface area contributed by atoms with Gasteiger partial charge in [0.25, 0.3) is 0 Å². The molecule has 4 heteroatoms. The summed E-state index contributed by atoms with van der Waals surface area (Å²) in [6.07, 6.45) is 11.5. The summed E-state index contributed by atoms with van der Waals surface area (Å²) in [5, 5.41) is 1.13. The summed E-state index contributed by atoms with van der Waals surface area (Å²) in [7, 11) is 0. The Morgan fingerprint density at radius 3 is 2.33 bits per heavy atom. The van der Waals surface area contributed by atoms with Crippen LogP contribution in [0.3, 0.4) is 0 Å². The van der Waals surface area contributed by atoms with Crippen LogP contribution in [0.4, 0.5) is 0 Å². The first kappa shape index (κ1) is 21.3. The standard InChI is InChI=1S/C23H34N2O2/c1-5-7-10-19(14-17(3)26)22-16-25(23-21(22)12-9-13-24-23)20(11-8-6-2)15-18(4)27/h9,12-13,16,19-20H,5-8,10-11,14-15H2,1-4H3. The number of aromatic nitrogens is 2. The Labute approximate surface area is 163 Å². The van der Waals surface area contributed by atoms with Crippen LogP contribution in [-0.4, -0.2) is 21.1 Å². The van der Waals surface area contributed by atoms with Crippen molar-refractivity contribution in [2.24, 2.45) is 0 Å². The van der Waals surface area contributed by atoms with Gasteiger partial charge in [-0.1, -0.05) is 39.5 Å². The van der Waals surface area contributed by atoms with Gasteiger partial charge < -0.3 is 9.36 Å². The fourth-order valence-corrected chi connectivity index (χ4v) is 3.99. The number of hydrogen-bond donors (Lipinski definition) is 0. The van der Waals surface area contributed by atoms with Crippen LogP contribution in [0.2, 0.25) is 0 Å². The lowest BCUT2D eigenvalue weighted by Crippen LogP contribution is -2.12. The molecule has 2 unspecified atom stereocenters. The number of ketones is 2. The van der Waals surface area contributed by atoms with E-state index in [-0.39, 0.29) is 23.5 Å². The lowest BCUT2D eigenvalue weighted by atomic mass is 9.89. The predicted octanol–water partition coefficient (Wildman–Crippen LogP) is 6.00. The molecule has 0 N–H and O–H groups in total. The van der Waals surface area contributed by atoms with E-state index in [4.69, 9.17) is 0 Å². The van der Waals surface area contributed by atoms with Gasteiger partial charge in [0.15, 0.2) is 0 Å². The maximum atomic E-state index is 11.9. The van der Waals surface area contributed by atoms with Crippen LogP contribution in [0, 0.1) is 0 Å². The molecule has 0 spiro atoms. The number of carbonyl (C=O) groups excluding carboxylic acids is 2. The quantitative estimate of drug-likeness (QED) is 0.460. The Bertz CT molecular complexity index is 701. The van der Waals surface area contributed by atoms with E-state index >= 15 is 0 Å². The number of fused-ring (bicyclic) bond motifs is 1. The first-order valence-electron chi connectivity index (χ1n) is 10.4. The molecule has 148 valence electrons. The number of pyridine rings is 1. The van der Waals surface area contributed by atoms with Crippen molar-refractivity contribution < 1.29 is 9.59 Å². The van der Waals surface area contributed by atoms with Crippen molar-refractivity contribution in [3.05, 3.63) is 30.1 Å². The summed E-state index contributed by atoms with van der Waals surface area (Å²) in [4.78, 5) is 28.4. The van der Waals surface area contributed by atoms with Gasteiger partial charge in [0.2, 0.25) is 0 Å². The molecule has 2 aromatic rings. The molecule has 0 aromatic carbocycles. The van der Waals surface area contributed by atoms with E-state index in [0.29, 0.717) is 12.8 Å². The average molecular weight is 371 g/mol. The van der Waals surface area contributed by atoms with Crippen molar-refractivity contribution in [2.75, 3.05) is 0 Å². The zero-order chi connectivity index (χ0) is 19.8. The molecule has 2 heterocycles. The van der Waals surface area contributed by atoms with Gasteiger partial charge in [-0.25, -0.2) is 4.98 Å². The van der Waals surface area contributed by atoms with Crippen molar-refractivity contribution in [3.63, 3.8) is 0 Å². The van der Waals surface area contributed by atoms with E-state index in [2.05, 4.69) is 35.7 Å². The fourth-order valence-electron chi connectivity index (χ4n) is 3.99. The maximum absolute atomic E-state index is 11.9. The van der Waals surface area contributed by atoms with E-state index in [1.54, 1.807) is 13.8 Å². The molecule has 0 aliphatic carbocycles. The van der Waals surface area contributed by atoms with E-state index in [9.17, 15) is 9.59 Å². The van der Waals surface area contributed by atoms with Crippen molar-refractivity contribution >= 4 is 22.6 Å². The SMILES string of the molecule is CCCCC(CC(C)=O)c1cn(C(CCCC)CC(C)=O)c2ncccc12. The highest BCUT2D eigenvalue weighted by molar-refractivity contribution is 5.83. The zero-order valence-electron chi connectivity index (χ0n) is 17.3. The first-order valence-corrected chi connectivity index (χ1v) is 10.4. The molecule has 0 fully saturated rings. The highest BCUT2D eigenvalue weighted by Gasteiger charge is 2.23. The van der Waals surface area contributed by atoms with Crippen LogP contribution in [0.25, 0.3) is 11.0 Å². The normalized spacial score (nSPS) is 13.6. The summed E-state index contributed by atoms with van der Waals surface area (Å²) in [5.74, 6) is 0.661. The van der Waals surface area contributed by atoms with Crippen LogP contribution in [0.5, 0.6) is 0 Å². The van der Waals surface area contributed by atoms with Crippen molar-refractivity contribution in [3.8, 4) is 0 Å². The molecule has 2 rings (SSSR count). The Hall–Kier alpha value is -1.97. The minimum atomic E-state index is 0.137. The number of hydrogen-bond acceptors (Lipinski definition) is 3. The number of Topliss-reactive ketones (excluding diaryl/α,β-unsaturated/α-hetero) is 2. The van der Waals surface area contributed by atoms with E-state index < -0.39 is 0 Å². The molecular weight excluding hydrogens is 336 g/mol. The van der Waals surface area contributed by atoms with Crippen molar-refractivity contribution in [2.45, 2.75) is 91.0 Å². The fraction of sp³-hybridized carbons (Fsp3) is 0.609. The Morgan fingerprint density at radius 2 is 1.70 bits per heavy atom. The topological polar surface area (TPSA) is 52.0 Å². The zero-order valence-corrected chi connectivity index (χ0v) is 17.3. The largest absolute Gasteiger partial charge is 0.329 e. The molecule has 0 aliphatic rings. The monoisotopic (exact) mass is 370 g/mol. The lowest BCUT2D eigenvalue weighted by molar-refractivity contribution is -0.118. The highest BCUT2D eigenvalue weighted by Crippen LogP contribution is 2.35. The molecule has 4 nitrogen and oxygen atoms in total. The highest BCUT2D eigenvalue weighted by atomic mass is 16.1. The van der Waals surface area contributed by atoms with Crippen LogP contribution in [-0.2, 0) is 9.59 Å².